The van der Waals surface area contributed by atoms with E-state index >= 15 is 0 Å². The Morgan fingerprint density at radius 2 is 1.85 bits per heavy atom. The molecule has 0 aliphatic carbocycles. The van der Waals surface area contributed by atoms with Gasteiger partial charge in [-0.25, -0.2) is 0 Å². The van der Waals surface area contributed by atoms with E-state index in [1.54, 1.807) is 12.4 Å². The predicted octanol–water partition coefficient (Wildman–Crippen LogP) is 4.12. The lowest BCUT2D eigenvalue weighted by Gasteiger charge is -2.12. The molecule has 6 nitrogen and oxygen atoms in total. The summed E-state index contributed by atoms with van der Waals surface area (Å²) in [5.41, 5.74) is 2.94. The number of nitrogens with zero attached hydrogens (tertiary/aromatic N) is 4. The van der Waals surface area contributed by atoms with E-state index < -0.39 is 0 Å². The largest absolute Gasteiger partial charge is 0.325 e. The number of carbonyl (C=O) groups excluding carboxylic acids is 1. The van der Waals surface area contributed by atoms with Gasteiger partial charge in [-0.3, -0.25) is 9.78 Å². The van der Waals surface area contributed by atoms with Crippen LogP contribution >= 0.6 is 11.8 Å². The Hall–Kier alpha value is -2.67. The minimum atomic E-state index is -0.306. The van der Waals surface area contributed by atoms with Gasteiger partial charge in [-0.05, 0) is 42.7 Å². The third kappa shape index (κ3) is 4.54. The van der Waals surface area contributed by atoms with Crippen LogP contribution in [0.15, 0.2) is 53.9 Å². The Bertz CT molecular complexity index is 906. The number of aromatic nitrogens is 4. The van der Waals surface area contributed by atoms with Crippen LogP contribution in [0.3, 0.4) is 0 Å². The molecule has 3 aromatic rings. The summed E-state index contributed by atoms with van der Waals surface area (Å²) >= 11 is 1.38. The van der Waals surface area contributed by atoms with Crippen LogP contribution in [0.2, 0.25) is 0 Å². The molecule has 1 amide bonds. The third-order valence-electron chi connectivity index (χ3n) is 4.25. The second-order valence-electron chi connectivity index (χ2n) is 6.63. The molecule has 3 rings (SSSR count). The van der Waals surface area contributed by atoms with Gasteiger partial charge in [0, 0.05) is 30.7 Å². The summed E-state index contributed by atoms with van der Waals surface area (Å²) in [5.74, 6) is 1.12. The molecule has 1 atom stereocenters. The van der Waals surface area contributed by atoms with Crippen molar-refractivity contribution < 1.29 is 4.79 Å². The summed E-state index contributed by atoms with van der Waals surface area (Å²) in [6, 6.07) is 11.8. The summed E-state index contributed by atoms with van der Waals surface area (Å²) in [4.78, 5) is 16.6. The van der Waals surface area contributed by atoms with Crippen LogP contribution in [0.1, 0.15) is 32.3 Å². The number of benzene rings is 1. The first kappa shape index (κ1) is 19.1. The van der Waals surface area contributed by atoms with Gasteiger partial charge in [0.1, 0.15) is 0 Å². The molecule has 1 aromatic carbocycles. The van der Waals surface area contributed by atoms with Crippen molar-refractivity contribution in [1.82, 2.24) is 19.7 Å². The Balaban J connectivity index is 1.65. The highest BCUT2D eigenvalue weighted by Gasteiger charge is 2.19. The molecule has 0 radical (unpaired) electrons. The van der Waals surface area contributed by atoms with Gasteiger partial charge in [-0.1, -0.05) is 37.7 Å². The topological polar surface area (TPSA) is 72.7 Å². The maximum Gasteiger partial charge on any atom is 0.237 e. The highest BCUT2D eigenvalue weighted by atomic mass is 32.2. The summed E-state index contributed by atoms with van der Waals surface area (Å²) in [6.07, 6.45) is 3.46. The average Bonchev–Trinajstić information content (AvgIpc) is 3.03. The number of pyridine rings is 1. The second-order valence-corrected chi connectivity index (χ2v) is 7.94. The highest BCUT2D eigenvalue weighted by Crippen LogP contribution is 2.26. The number of rotatable bonds is 6. The molecule has 1 N–H and O–H groups in total. The first-order chi connectivity index (χ1) is 13.0. The van der Waals surface area contributed by atoms with E-state index in [1.807, 2.05) is 54.9 Å². The van der Waals surface area contributed by atoms with Crippen molar-refractivity contribution in [2.45, 2.75) is 37.1 Å². The lowest BCUT2D eigenvalue weighted by Crippen LogP contribution is -2.22. The fraction of sp³-hybridized carbons (Fsp3) is 0.300. The Morgan fingerprint density at radius 1 is 1.11 bits per heavy atom. The Morgan fingerprint density at radius 3 is 2.48 bits per heavy atom. The van der Waals surface area contributed by atoms with Gasteiger partial charge in [-0.15, -0.1) is 10.2 Å². The summed E-state index contributed by atoms with van der Waals surface area (Å²) in [5, 5.41) is 11.8. The zero-order valence-corrected chi connectivity index (χ0v) is 16.7. The number of hydrogen-bond donors (Lipinski definition) is 1. The van der Waals surface area contributed by atoms with Crippen LogP contribution in [-0.2, 0) is 11.8 Å². The van der Waals surface area contributed by atoms with Crippen molar-refractivity contribution in [3.8, 4) is 11.4 Å². The first-order valence-electron chi connectivity index (χ1n) is 8.83. The van der Waals surface area contributed by atoms with E-state index in [4.69, 9.17) is 0 Å². The van der Waals surface area contributed by atoms with Crippen molar-refractivity contribution in [2.24, 2.45) is 7.05 Å². The third-order valence-corrected chi connectivity index (χ3v) is 5.38. The van der Waals surface area contributed by atoms with Crippen LogP contribution in [0.25, 0.3) is 11.4 Å². The van der Waals surface area contributed by atoms with Gasteiger partial charge in [0.05, 0.1) is 5.25 Å². The number of anilines is 1. The van der Waals surface area contributed by atoms with Gasteiger partial charge < -0.3 is 9.88 Å². The summed E-state index contributed by atoms with van der Waals surface area (Å²) in [6.45, 7) is 6.15. The van der Waals surface area contributed by atoms with E-state index in [9.17, 15) is 4.79 Å². The zero-order valence-electron chi connectivity index (χ0n) is 15.9. The maximum absolute atomic E-state index is 12.5. The quantitative estimate of drug-likeness (QED) is 0.650. The van der Waals surface area contributed by atoms with Gasteiger partial charge in [-0.2, -0.15) is 0 Å². The number of hydrogen-bond acceptors (Lipinski definition) is 5. The van der Waals surface area contributed by atoms with E-state index in [-0.39, 0.29) is 11.2 Å². The Kier molecular flexibility index (Phi) is 5.91. The molecule has 0 bridgehead atoms. The van der Waals surface area contributed by atoms with E-state index in [0.29, 0.717) is 11.1 Å². The van der Waals surface area contributed by atoms with Crippen LogP contribution in [0, 0.1) is 0 Å². The minimum absolute atomic E-state index is 0.0665. The average molecular weight is 382 g/mol. The predicted molar refractivity (Wildman–Crippen MR) is 109 cm³/mol. The number of thioether (sulfide) groups is 1. The molecule has 0 spiro atoms. The van der Waals surface area contributed by atoms with Crippen LogP contribution < -0.4 is 5.32 Å². The molecule has 2 aromatic heterocycles. The highest BCUT2D eigenvalue weighted by molar-refractivity contribution is 8.00. The van der Waals surface area contributed by atoms with E-state index in [2.05, 4.69) is 34.3 Å². The Labute approximate surface area is 163 Å². The van der Waals surface area contributed by atoms with Crippen molar-refractivity contribution in [1.29, 1.82) is 0 Å². The van der Waals surface area contributed by atoms with Crippen LogP contribution in [0.5, 0.6) is 0 Å². The van der Waals surface area contributed by atoms with Crippen molar-refractivity contribution in [3.63, 3.8) is 0 Å². The van der Waals surface area contributed by atoms with Gasteiger partial charge in [0.25, 0.3) is 0 Å². The molecule has 0 aliphatic rings. The molecule has 140 valence electrons. The van der Waals surface area contributed by atoms with Crippen molar-refractivity contribution >= 4 is 23.4 Å². The van der Waals surface area contributed by atoms with Gasteiger partial charge in [0.15, 0.2) is 11.0 Å². The monoisotopic (exact) mass is 381 g/mol. The summed E-state index contributed by atoms with van der Waals surface area (Å²) < 4.78 is 1.88. The fourth-order valence-electron chi connectivity index (χ4n) is 2.57. The van der Waals surface area contributed by atoms with Crippen molar-refractivity contribution in [2.75, 3.05) is 5.32 Å². The van der Waals surface area contributed by atoms with Gasteiger partial charge in [0.2, 0.25) is 5.91 Å². The minimum Gasteiger partial charge on any atom is -0.325 e. The van der Waals surface area contributed by atoms with E-state index in [1.165, 1.54) is 17.3 Å². The van der Waals surface area contributed by atoms with Crippen LogP contribution in [0.4, 0.5) is 5.69 Å². The standard InChI is InChI=1S/C20H23N5OS/c1-13(2)15-7-9-17(10-8-15)22-19(26)14(3)27-20-24-23-18(25(20)4)16-6-5-11-21-12-16/h5-14H,1-4H3,(H,22,26). The lowest BCUT2D eigenvalue weighted by atomic mass is 10.0. The molecule has 1 unspecified atom stereocenters. The molecular weight excluding hydrogens is 358 g/mol. The molecule has 0 saturated heterocycles. The molecular formula is C20H23N5OS. The fourth-order valence-corrected chi connectivity index (χ4v) is 3.39. The second kappa shape index (κ2) is 8.35. The van der Waals surface area contributed by atoms with E-state index in [0.717, 1.165) is 17.1 Å². The molecule has 2 heterocycles. The number of nitrogens with one attached hydrogen (secondary N) is 1. The smallest absolute Gasteiger partial charge is 0.237 e. The summed E-state index contributed by atoms with van der Waals surface area (Å²) in [7, 11) is 1.89. The van der Waals surface area contributed by atoms with Crippen LogP contribution in [-0.4, -0.2) is 30.9 Å². The first-order valence-corrected chi connectivity index (χ1v) is 9.71. The van der Waals surface area contributed by atoms with Gasteiger partial charge >= 0.3 is 0 Å². The molecule has 0 aliphatic heterocycles. The normalized spacial score (nSPS) is 12.2. The number of carbonyl (C=O) groups is 1. The van der Waals surface area contributed by atoms with Crippen molar-refractivity contribution in [3.05, 3.63) is 54.4 Å². The lowest BCUT2D eigenvalue weighted by molar-refractivity contribution is -0.115. The molecule has 7 heteroatoms. The maximum atomic E-state index is 12.5. The molecule has 0 fully saturated rings. The SMILES string of the molecule is CC(Sc1nnc(-c2cccnc2)n1C)C(=O)Nc1ccc(C(C)C)cc1. The number of amides is 1. The zero-order chi connectivity index (χ0) is 19.4. The molecule has 0 saturated carbocycles. The molecule has 27 heavy (non-hydrogen) atoms.